The lowest BCUT2D eigenvalue weighted by Crippen LogP contribution is -2.30. The fourth-order valence-electron chi connectivity index (χ4n) is 8.24. The number of rotatable bonds is 54. The lowest BCUT2D eigenvalue weighted by Gasteiger charge is -2.18. The largest absolute Gasteiger partial charge is 0.462 e. The molecule has 0 saturated carbocycles. The molecule has 0 rings (SSSR count). The topological polar surface area (TPSA) is 78.9 Å². The minimum atomic E-state index is -0.802. The molecule has 0 aromatic carbocycles. The first kappa shape index (κ1) is 69.1. The smallest absolute Gasteiger partial charge is 0.306 e. The number of hydrogen-bond donors (Lipinski definition) is 0. The first-order chi connectivity index (χ1) is 36.0. The van der Waals surface area contributed by atoms with Crippen molar-refractivity contribution in [2.75, 3.05) is 13.2 Å². The number of hydrogen-bond acceptors (Lipinski definition) is 6. The molecule has 0 aliphatic rings. The Labute approximate surface area is 450 Å². The van der Waals surface area contributed by atoms with Gasteiger partial charge in [-0.25, -0.2) is 0 Å². The Morgan fingerprint density at radius 2 is 0.534 bits per heavy atom. The van der Waals surface area contributed by atoms with Crippen molar-refractivity contribution in [2.24, 2.45) is 0 Å². The summed E-state index contributed by atoms with van der Waals surface area (Å²) in [6, 6.07) is 0. The predicted molar refractivity (Wildman–Crippen MR) is 316 cm³/mol. The van der Waals surface area contributed by atoms with E-state index in [0.717, 1.165) is 135 Å². The summed E-state index contributed by atoms with van der Waals surface area (Å²) >= 11 is 0. The Balaban J connectivity index is 4.45. The third kappa shape index (κ3) is 58.8. The SMILES string of the molecule is CC/C=C\C/C=C\C/C=C\C/C=C\C/C=C\CCCCCC(=O)OC[C@H](COC(=O)CCCCCCC/C=C\C/C=C\C/C=C\CC)OC(=O)CCCCCCCCCCCCC/C=C\CCCCCCCC. The van der Waals surface area contributed by atoms with Crippen LogP contribution in [0.25, 0.3) is 0 Å². The molecule has 0 fully saturated rings. The second-order valence-electron chi connectivity index (χ2n) is 19.8. The van der Waals surface area contributed by atoms with Crippen LogP contribution in [0.5, 0.6) is 0 Å². The van der Waals surface area contributed by atoms with E-state index in [1.54, 1.807) is 0 Å². The summed E-state index contributed by atoms with van der Waals surface area (Å²) in [6.07, 6.45) is 82.3. The molecule has 0 aromatic heterocycles. The minimum Gasteiger partial charge on any atom is -0.462 e. The molecule has 0 saturated heterocycles. The van der Waals surface area contributed by atoms with Crippen LogP contribution in [0.15, 0.2) is 109 Å². The van der Waals surface area contributed by atoms with Gasteiger partial charge in [-0.15, -0.1) is 0 Å². The zero-order valence-corrected chi connectivity index (χ0v) is 47.6. The molecule has 416 valence electrons. The van der Waals surface area contributed by atoms with Crippen molar-refractivity contribution >= 4 is 17.9 Å². The highest BCUT2D eigenvalue weighted by molar-refractivity contribution is 5.71. The number of carbonyl (C=O) groups excluding carboxylic acids is 3. The second kappa shape index (κ2) is 60.6. The third-order valence-electron chi connectivity index (χ3n) is 12.7. The van der Waals surface area contributed by atoms with Gasteiger partial charge in [0.1, 0.15) is 13.2 Å². The van der Waals surface area contributed by atoms with Crippen LogP contribution >= 0.6 is 0 Å². The van der Waals surface area contributed by atoms with Crippen molar-refractivity contribution in [1.82, 2.24) is 0 Å². The molecule has 0 heterocycles. The van der Waals surface area contributed by atoms with Crippen LogP contribution < -0.4 is 0 Å². The second-order valence-corrected chi connectivity index (χ2v) is 19.8. The fraction of sp³-hybridized carbons (Fsp3) is 0.687. The van der Waals surface area contributed by atoms with E-state index >= 15 is 0 Å². The number of allylic oxidation sites excluding steroid dienone is 18. The van der Waals surface area contributed by atoms with Crippen LogP contribution in [0.3, 0.4) is 0 Å². The van der Waals surface area contributed by atoms with E-state index in [-0.39, 0.29) is 31.1 Å². The molecule has 0 amide bonds. The van der Waals surface area contributed by atoms with Crippen LogP contribution in [0.2, 0.25) is 0 Å². The third-order valence-corrected chi connectivity index (χ3v) is 12.7. The molecule has 0 spiro atoms. The van der Waals surface area contributed by atoms with Gasteiger partial charge in [0.15, 0.2) is 6.10 Å². The summed E-state index contributed by atoms with van der Waals surface area (Å²) in [6.45, 7) is 6.38. The van der Waals surface area contributed by atoms with Crippen molar-refractivity contribution in [3.05, 3.63) is 109 Å². The van der Waals surface area contributed by atoms with Gasteiger partial charge >= 0.3 is 17.9 Å². The number of ether oxygens (including phenoxy) is 3. The summed E-state index contributed by atoms with van der Waals surface area (Å²) in [4.78, 5) is 38.3. The molecule has 0 N–H and O–H groups in total. The van der Waals surface area contributed by atoms with Crippen molar-refractivity contribution in [2.45, 2.75) is 284 Å². The van der Waals surface area contributed by atoms with E-state index in [9.17, 15) is 14.4 Å². The molecule has 0 radical (unpaired) electrons. The molecule has 6 heteroatoms. The summed E-state index contributed by atoms with van der Waals surface area (Å²) in [5.41, 5.74) is 0. The summed E-state index contributed by atoms with van der Waals surface area (Å²) < 4.78 is 16.9. The Bertz CT molecular complexity index is 1490. The molecule has 0 aromatic rings. The van der Waals surface area contributed by atoms with Crippen molar-refractivity contribution in [3.8, 4) is 0 Å². The van der Waals surface area contributed by atoms with E-state index in [1.165, 1.54) is 103 Å². The van der Waals surface area contributed by atoms with E-state index in [2.05, 4.69) is 130 Å². The number of esters is 3. The summed E-state index contributed by atoms with van der Waals surface area (Å²) in [5.74, 6) is -0.943. The molecule has 73 heavy (non-hydrogen) atoms. The Morgan fingerprint density at radius 1 is 0.288 bits per heavy atom. The van der Waals surface area contributed by atoms with E-state index < -0.39 is 6.10 Å². The molecule has 6 nitrogen and oxygen atoms in total. The Kier molecular flexibility index (Phi) is 57.4. The first-order valence-electron chi connectivity index (χ1n) is 30.4. The summed E-state index contributed by atoms with van der Waals surface area (Å²) in [7, 11) is 0. The summed E-state index contributed by atoms with van der Waals surface area (Å²) in [5, 5.41) is 0. The molecule has 0 unspecified atom stereocenters. The van der Waals surface area contributed by atoms with Gasteiger partial charge in [0.25, 0.3) is 0 Å². The van der Waals surface area contributed by atoms with E-state index in [0.29, 0.717) is 19.3 Å². The standard InChI is InChI=1S/C67H112O6/c1-4-7-10-13-16-19-22-25-28-30-32-33-35-37-40-43-46-49-52-55-58-61-67(70)73-64(62-71-65(68)59-56-53-50-47-44-41-38-27-24-21-18-15-12-9-6-3)63-72-66(69)60-57-54-51-48-45-42-39-36-34-31-29-26-23-20-17-14-11-8-5-2/h8-9,11-12,17-18,20-21,25-29,34,36,38,42,45,64H,4-7,10,13-16,19,22-24,30-33,35,37,39-41,43-44,46-63H2,1-3H3/b11-8-,12-9-,20-17-,21-18-,28-25-,29-26-,36-34-,38-27-,45-42-/t64-/m0/s1. The van der Waals surface area contributed by atoms with Gasteiger partial charge < -0.3 is 14.2 Å². The highest BCUT2D eigenvalue weighted by Crippen LogP contribution is 2.15. The fourth-order valence-corrected chi connectivity index (χ4v) is 8.24. The molecule has 0 aliphatic carbocycles. The van der Waals surface area contributed by atoms with Crippen molar-refractivity contribution < 1.29 is 28.6 Å². The minimum absolute atomic E-state index is 0.0988. The van der Waals surface area contributed by atoms with Crippen LogP contribution in [-0.4, -0.2) is 37.2 Å². The predicted octanol–water partition coefficient (Wildman–Crippen LogP) is 20.7. The molecule has 0 bridgehead atoms. The van der Waals surface area contributed by atoms with Crippen LogP contribution in [0, 0.1) is 0 Å². The van der Waals surface area contributed by atoms with Gasteiger partial charge in [0.05, 0.1) is 0 Å². The highest BCUT2D eigenvalue weighted by atomic mass is 16.6. The molecular weight excluding hydrogens is 901 g/mol. The van der Waals surface area contributed by atoms with Crippen LogP contribution in [0.4, 0.5) is 0 Å². The zero-order chi connectivity index (χ0) is 52.9. The normalized spacial score (nSPS) is 12.9. The number of carbonyl (C=O) groups is 3. The molecule has 1 atom stereocenters. The van der Waals surface area contributed by atoms with Gasteiger partial charge in [-0.1, -0.05) is 246 Å². The lowest BCUT2D eigenvalue weighted by atomic mass is 10.0. The maximum atomic E-state index is 12.9. The van der Waals surface area contributed by atoms with Crippen molar-refractivity contribution in [3.63, 3.8) is 0 Å². The van der Waals surface area contributed by atoms with Crippen molar-refractivity contribution in [1.29, 1.82) is 0 Å². The average molecular weight is 1010 g/mol. The van der Waals surface area contributed by atoms with Gasteiger partial charge in [-0.3, -0.25) is 14.4 Å². The highest BCUT2D eigenvalue weighted by Gasteiger charge is 2.19. The monoisotopic (exact) mass is 1010 g/mol. The first-order valence-corrected chi connectivity index (χ1v) is 30.4. The zero-order valence-electron chi connectivity index (χ0n) is 47.6. The quantitative estimate of drug-likeness (QED) is 0.0261. The number of unbranched alkanes of at least 4 members (excludes halogenated alkanes) is 25. The van der Waals surface area contributed by atoms with Gasteiger partial charge in [-0.2, -0.15) is 0 Å². The maximum Gasteiger partial charge on any atom is 0.306 e. The van der Waals surface area contributed by atoms with Gasteiger partial charge in [-0.05, 0) is 122 Å². The van der Waals surface area contributed by atoms with E-state index in [1.807, 2.05) is 0 Å². The van der Waals surface area contributed by atoms with Gasteiger partial charge in [0, 0.05) is 19.3 Å². The maximum absolute atomic E-state index is 12.9. The lowest BCUT2D eigenvalue weighted by molar-refractivity contribution is -0.167. The van der Waals surface area contributed by atoms with Gasteiger partial charge in [0.2, 0.25) is 0 Å². The molecule has 0 aliphatic heterocycles. The van der Waals surface area contributed by atoms with Crippen LogP contribution in [-0.2, 0) is 28.6 Å². The average Bonchev–Trinajstić information content (AvgIpc) is 3.39. The van der Waals surface area contributed by atoms with E-state index in [4.69, 9.17) is 14.2 Å². The molecular formula is C67H112O6. The Hall–Kier alpha value is -3.93. The Morgan fingerprint density at radius 3 is 0.863 bits per heavy atom. The van der Waals surface area contributed by atoms with Crippen LogP contribution in [0.1, 0.15) is 278 Å².